The number of hydrogen-bond donors (Lipinski definition) is 1. The maximum absolute atomic E-state index is 5.57. The van der Waals surface area contributed by atoms with Crippen molar-refractivity contribution in [2.75, 3.05) is 0 Å². The fourth-order valence-electron chi connectivity index (χ4n) is 1.10. The summed E-state index contributed by atoms with van der Waals surface area (Å²) in [6.45, 7) is 2.56. The Kier molecular flexibility index (Phi) is 3.12. The van der Waals surface area contributed by atoms with E-state index in [1.54, 1.807) is 0 Å². The van der Waals surface area contributed by atoms with Crippen molar-refractivity contribution in [3.05, 3.63) is 32.4 Å². The molecule has 0 spiro atoms. The first kappa shape index (κ1) is 9.56. The summed E-state index contributed by atoms with van der Waals surface area (Å²) in [6, 6.07) is 4.06. The summed E-state index contributed by atoms with van der Waals surface area (Å²) in [5, 5.41) is 0. The second kappa shape index (κ2) is 3.92. The molecule has 12 heavy (non-hydrogen) atoms. The maximum Gasteiger partial charge on any atom is 0.0285 e. The third kappa shape index (κ3) is 1.79. The monoisotopic (exact) mass is 271 g/mol. The summed E-state index contributed by atoms with van der Waals surface area (Å²) in [7, 11) is 0. The Hall–Kier alpha value is -0.530. The second-order valence-corrected chi connectivity index (χ2v) is 3.83. The zero-order chi connectivity index (χ0) is 9.14. The molecular formula is C10H10IN. The number of nitrogens with two attached hydrogens (primary N) is 1. The number of benzene rings is 1. The molecular weight excluding hydrogens is 261 g/mol. The van der Waals surface area contributed by atoms with Gasteiger partial charge in [-0.05, 0) is 52.8 Å². The Balaban J connectivity index is 3.34. The van der Waals surface area contributed by atoms with E-state index >= 15 is 0 Å². The van der Waals surface area contributed by atoms with E-state index in [-0.39, 0.29) is 0 Å². The Morgan fingerprint density at radius 1 is 1.58 bits per heavy atom. The van der Waals surface area contributed by atoms with Gasteiger partial charge in [-0.15, -0.1) is 6.42 Å². The molecule has 1 rings (SSSR count). The summed E-state index contributed by atoms with van der Waals surface area (Å²) in [5.41, 5.74) is 8.78. The van der Waals surface area contributed by atoms with Crippen molar-refractivity contribution < 1.29 is 0 Å². The van der Waals surface area contributed by atoms with E-state index in [0.29, 0.717) is 6.54 Å². The highest BCUT2D eigenvalue weighted by molar-refractivity contribution is 14.1. The molecule has 0 unspecified atom stereocenters. The number of rotatable bonds is 1. The van der Waals surface area contributed by atoms with Gasteiger partial charge >= 0.3 is 0 Å². The lowest BCUT2D eigenvalue weighted by molar-refractivity contribution is 1.04. The van der Waals surface area contributed by atoms with Crippen LogP contribution in [0.15, 0.2) is 12.1 Å². The highest BCUT2D eigenvalue weighted by Gasteiger charge is 2.02. The lowest BCUT2D eigenvalue weighted by Gasteiger charge is -2.06. The van der Waals surface area contributed by atoms with Gasteiger partial charge in [0, 0.05) is 15.7 Å². The van der Waals surface area contributed by atoms with Gasteiger partial charge in [-0.25, -0.2) is 0 Å². The van der Waals surface area contributed by atoms with Crippen LogP contribution in [0.3, 0.4) is 0 Å². The third-order valence-corrected chi connectivity index (χ3v) is 2.48. The van der Waals surface area contributed by atoms with Gasteiger partial charge in [0.2, 0.25) is 0 Å². The van der Waals surface area contributed by atoms with E-state index in [2.05, 4.69) is 34.6 Å². The summed E-state index contributed by atoms with van der Waals surface area (Å²) >= 11 is 2.24. The van der Waals surface area contributed by atoms with Crippen LogP contribution >= 0.6 is 22.6 Å². The average molecular weight is 271 g/mol. The lowest BCUT2D eigenvalue weighted by Crippen LogP contribution is -2.01. The highest BCUT2D eigenvalue weighted by Crippen LogP contribution is 2.17. The molecule has 1 nitrogen and oxygen atoms in total. The standard InChI is InChI=1S/C10H10IN/c1-3-8-4-10(11)5-9(6-12)7(8)2/h1,4-5H,6,12H2,2H3. The van der Waals surface area contributed by atoms with Gasteiger partial charge < -0.3 is 5.73 Å². The maximum atomic E-state index is 5.57. The molecule has 62 valence electrons. The minimum atomic E-state index is 0.553. The molecule has 0 radical (unpaired) electrons. The minimum absolute atomic E-state index is 0.553. The zero-order valence-corrected chi connectivity index (χ0v) is 9.05. The molecule has 2 heteroatoms. The van der Waals surface area contributed by atoms with Crippen molar-refractivity contribution in [1.29, 1.82) is 0 Å². The van der Waals surface area contributed by atoms with Crippen molar-refractivity contribution in [1.82, 2.24) is 0 Å². The topological polar surface area (TPSA) is 26.0 Å². The second-order valence-electron chi connectivity index (χ2n) is 2.59. The molecule has 0 atom stereocenters. The van der Waals surface area contributed by atoms with Gasteiger partial charge in [-0.3, -0.25) is 0 Å². The molecule has 0 heterocycles. The van der Waals surface area contributed by atoms with Crippen LogP contribution in [0.4, 0.5) is 0 Å². The highest BCUT2D eigenvalue weighted by atomic mass is 127. The Labute approximate surface area is 86.5 Å². The van der Waals surface area contributed by atoms with Gasteiger partial charge in [0.15, 0.2) is 0 Å². The molecule has 0 saturated carbocycles. The van der Waals surface area contributed by atoms with Crippen molar-refractivity contribution >= 4 is 22.6 Å². The molecule has 0 fully saturated rings. The predicted molar refractivity (Wildman–Crippen MR) is 59.7 cm³/mol. The van der Waals surface area contributed by atoms with Crippen LogP contribution in [-0.2, 0) is 6.54 Å². The average Bonchev–Trinajstić information content (AvgIpc) is 2.08. The molecule has 2 N–H and O–H groups in total. The van der Waals surface area contributed by atoms with Crippen LogP contribution in [0.1, 0.15) is 16.7 Å². The molecule has 1 aromatic carbocycles. The SMILES string of the molecule is C#Cc1cc(I)cc(CN)c1C. The summed E-state index contributed by atoms with van der Waals surface area (Å²) in [4.78, 5) is 0. The van der Waals surface area contributed by atoms with Gasteiger partial charge in [0.1, 0.15) is 0 Å². The van der Waals surface area contributed by atoms with Crippen LogP contribution in [0.25, 0.3) is 0 Å². The predicted octanol–water partition coefficient (Wildman–Crippen LogP) is 2.04. The first-order valence-electron chi connectivity index (χ1n) is 3.64. The van der Waals surface area contributed by atoms with E-state index in [1.807, 2.05) is 13.0 Å². The Morgan fingerprint density at radius 3 is 2.75 bits per heavy atom. The zero-order valence-electron chi connectivity index (χ0n) is 6.89. The van der Waals surface area contributed by atoms with E-state index in [4.69, 9.17) is 12.2 Å². The fraction of sp³-hybridized carbons (Fsp3) is 0.200. The molecule has 0 aromatic heterocycles. The molecule has 0 aliphatic carbocycles. The van der Waals surface area contributed by atoms with Crippen LogP contribution in [0.5, 0.6) is 0 Å². The van der Waals surface area contributed by atoms with Gasteiger partial charge in [0.05, 0.1) is 0 Å². The first-order chi connectivity index (χ1) is 5.69. The molecule has 0 amide bonds. The van der Waals surface area contributed by atoms with E-state index in [9.17, 15) is 0 Å². The number of halogens is 1. The van der Waals surface area contributed by atoms with Gasteiger partial charge in [0.25, 0.3) is 0 Å². The molecule has 0 bridgehead atoms. The van der Waals surface area contributed by atoms with Crippen molar-refractivity contribution in [2.24, 2.45) is 5.73 Å². The van der Waals surface area contributed by atoms with E-state index < -0.39 is 0 Å². The van der Waals surface area contributed by atoms with Crippen molar-refractivity contribution in [3.63, 3.8) is 0 Å². The van der Waals surface area contributed by atoms with Gasteiger partial charge in [-0.1, -0.05) is 5.92 Å². The summed E-state index contributed by atoms with van der Waals surface area (Å²) < 4.78 is 1.14. The van der Waals surface area contributed by atoms with Gasteiger partial charge in [-0.2, -0.15) is 0 Å². The number of hydrogen-bond acceptors (Lipinski definition) is 1. The summed E-state index contributed by atoms with van der Waals surface area (Å²) in [5.74, 6) is 2.65. The lowest BCUT2D eigenvalue weighted by atomic mass is 10.0. The number of terminal acetylenes is 1. The fourth-order valence-corrected chi connectivity index (χ4v) is 1.78. The van der Waals surface area contributed by atoms with E-state index in [1.165, 1.54) is 0 Å². The Bertz CT molecular complexity index is 336. The van der Waals surface area contributed by atoms with Crippen LogP contribution in [0, 0.1) is 22.8 Å². The first-order valence-corrected chi connectivity index (χ1v) is 4.72. The quantitative estimate of drug-likeness (QED) is 0.614. The van der Waals surface area contributed by atoms with Crippen molar-refractivity contribution in [2.45, 2.75) is 13.5 Å². The molecule has 1 aromatic rings. The Morgan fingerprint density at radius 2 is 2.25 bits per heavy atom. The normalized spacial score (nSPS) is 9.50. The minimum Gasteiger partial charge on any atom is -0.326 e. The molecule has 0 aliphatic rings. The third-order valence-electron chi connectivity index (χ3n) is 1.86. The van der Waals surface area contributed by atoms with Crippen molar-refractivity contribution in [3.8, 4) is 12.3 Å². The van der Waals surface area contributed by atoms with Crippen LogP contribution < -0.4 is 5.73 Å². The molecule has 0 saturated heterocycles. The smallest absolute Gasteiger partial charge is 0.0285 e. The molecule has 0 aliphatic heterocycles. The van der Waals surface area contributed by atoms with E-state index in [0.717, 1.165) is 20.3 Å². The van der Waals surface area contributed by atoms with Crippen LogP contribution in [0.2, 0.25) is 0 Å². The van der Waals surface area contributed by atoms with Crippen LogP contribution in [-0.4, -0.2) is 0 Å². The largest absolute Gasteiger partial charge is 0.326 e. The summed E-state index contributed by atoms with van der Waals surface area (Å²) in [6.07, 6.45) is 5.35.